The molecule has 1 aromatic carbocycles. The molecule has 1 aliphatic rings. The van der Waals surface area contributed by atoms with Gasteiger partial charge in [0.1, 0.15) is 5.75 Å². The second-order valence-corrected chi connectivity index (χ2v) is 5.07. The highest BCUT2D eigenvalue weighted by Gasteiger charge is 2.57. The van der Waals surface area contributed by atoms with Crippen LogP contribution in [-0.4, -0.2) is 13.2 Å². The zero-order valence-electron chi connectivity index (χ0n) is 9.87. The van der Waals surface area contributed by atoms with Crippen molar-refractivity contribution in [2.45, 2.75) is 32.7 Å². The van der Waals surface area contributed by atoms with E-state index in [2.05, 4.69) is 32.9 Å². The molecule has 82 valence electrons. The average molecular weight is 205 g/mol. The molecule has 2 rings (SSSR count). The number of hydrogen-bond donors (Lipinski definition) is 1. The number of nitrogens with two attached hydrogens (primary N) is 1. The Morgan fingerprint density at radius 1 is 1.33 bits per heavy atom. The first-order valence-electron chi connectivity index (χ1n) is 5.38. The number of ether oxygens (including phenoxy) is 1. The van der Waals surface area contributed by atoms with Crippen LogP contribution in [-0.2, 0) is 0 Å². The van der Waals surface area contributed by atoms with Gasteiger partial charge in [-0.2, -0.15) is 0 Å². The maximum Gasteiger partial charge on any atom is 0.122 e. The van der Waals surface area contributed by atoms with E-state index in [4.69, 9.17) is 10.5 Å². The van der Waals surface area contributed by atoms with Gasteiger partial charge in [0.2, 0.25) is 0 Å². The number of benzene rings is 1. The Morgan fingerprint density at radius 2 is 1.93 bits per heavy atom. The van der Waals surface area contributed by atoms with Crippen molar-refractivity contribution in [1.82, 2.24) is 0 Å². The normalized spacial score (nSPS) is 27.5. The SMILES string of the molecule is COc1ccc(C)cc1C1C(N)C1(C)C. The van der Waals surface area contributed by atoms with Gasteiger partial charge in [0.05, 0.1) is 7.11 Å². The van der Waals surface area contributed by atoms with Gasteiger partial charge in [-0.15, -0.1) is 0 Å². The third-order valence-electron chi connectivity index (χ3n) is 3.63. The lowest BCUT2D eigenvalue weighted by Crippen LogP contribution is -2.06. The summed E-state index contributed by atoms with van der Waals surface area (Å²) in [5.74, 6) is 1.40. The van der Waals surface area contributed by atoms with Crippen molar-refractivity contribution < 1.29 is 4.74 Å². The summed E-state index contributed by atoms with van der Waals surface area (Å²) in [6, 6.07) is 6.56. The lowest BCUT2D eigenvalue weighted by molar-refractivity contribution is 0.407. The van der Waals surface area contributed by atoms with Gasteiger partial charge in [-0.05, 0) is 24.0 Å². The molecule has 1 aromatic rings. The van der Waals surface area contributed by atoms with E-state index in [1.165, 1.54) is 11.1 Å². The van der Waals surface area contributed by atoms with Crippen LogP contribution in [0.5, 0.6) is 5.75 Å². The lowest BCUT2D eigenvalue weighted by Gasteiger charge is -2.10. The zero-order valence-corrected chi connectivity index (χ0v) is 9.87. The van der Waals surface area contributed by atoms with Gasteiger partial charge >= 0.3 is 0 Å². The monoisotopic (exact) mass is 205 g/mol. The number of methoxy groups -OCH3 is 1. The van der Waals surface area contributed by atoms with Crippen molar-refractivity contribution in [2.24, 2.45) is 11.1 Å². The quantitative estimate of drug-likeness (QED) is 0.805. The smallest absolute Gasteiger partial charge is 0.122 e. The molecule has 2 N–H and O–H groups in total. The lowest BCUT2D eigenvalue weighted by atomic mass is 10.0. The van der Waals surface area contributed by atoms with E-state index in [9.17, 15) is 0 Å². The molecule has 0 radical (unpaired) electrons. The summed E-state index contributed by atoms with van der Waals surface area (Å²) >= 11 is 0. The molecule has 2 heteroatoms. The Labute approximate surface area is 91.4 Å². The molecule has 0 aliphatic heterocycles. The Bertz CT molecular complexity index is 384. The molecule has 0 bridgehead atoms. The third-order valence-corrected chi connectivity index (χ3v) is 3.63. The minimum Gasteiger partial charge on any atom is -0.496 e. The van der Waals surface area contributed by atoms with Gasteiger partial charge in [0, 0.05) is 12.0 Å². The molecule has 1 aliphatic carbocycles. The van der Waals surface area contributed by atoms with Gasteiger partial charge in [-0.25, -0.2) is 0 Å². The van der Waals surface area contributed by atoms with E-state index in [0.717, 1.165) is 5.75 Å². The van der Waals surface area contributed by atoms with E-state index >= 15 is 0 Å². The van der Waals surface area contributed by atoms with Gasteiger partial charge in [-0.1, -0.05) is 31.5 Å². The van der Waals surface area contributed by atoms with E-state index in [1.807, 2.05) is 6.07 Å². The van der Waals surface area contributed by atoms with Crippen LogP contribution in [0.2, 0.25) is 0 Å². The fourth-order valence-corrected chi connectivity index (χ4v) is 2.37. The minimum absolute atomic E-state index is 0.209. The first-order chi connectivity index (χ1) is 6.98. The summed E-state index contributed by atoms with van der Waals surface area (Å²) in [7, 11) is 1.72. The highest BCUT2D eigenvalue weighted by molar-refractivity contribution is 5.46. The van der Waals surface area contributed by atoms with Crippen LogP contribution in [0.3, 0.4) is 0 Å². The van der Waals surface area contributed by atoms with Crippen LogP contribution >= 0.6 is 0 Å². The summed E-state index contributed by atoms with van der Waals surface area (Å²) in [5, 5.41) is 0. The molecule has 0 saturated heterocycles. The molecule has 0 aromatic heterocycles. The molecule has 2 nitrogen and oxygen atoms in total. The Balaban J connectivity index is 2.40. The molecular formula is C13H19NO. The molecule has 0 spiro atoms. The van der Waals surface area contributed by atoms with Gasteiger partial charge < -0.3 is 10.5 Å². The molecular weight excluding hydrogens is 186 g/mol. The maximum absolute atomic E-state index is 6.09. The van der Waals surface area contributed by atoms with Gasteiger partial charge in [0.25, 0.3) is 0 Å². The number of hydrogen-bond acceptors (Lipinski definition) is 2. The van der Waals surface area contributed by atoms with Crippen LogP contribution < -0.4 is 10.5 Å². The standard InChI is InChI=1S/C13H19NO/c1-8-5-6-10(15-4)9(7-8)11-12(14)13(11,2)3/h5-7,11-12H,14H2,1-4H3. The second kappa shape index (κ2) is 3.24. The Morgan fingerprint density at radius 3 is 2.40 bits per heavy atom. The van der Waals surface area contributed by atoms with Crippen LogP contribution in [0.25, 0.3) is 0 Å². The molecule has 0 heterocycles. The van der Waals surface area contributed by atoms with Crippen LogP contribution in [0.15, 0.2) is 18.2 Å². The molecule has 0 amide bonds. The van der Waals surface area contributed by atoms with Crippen LogP contribution in [0.4, 0.5) is 0 Å². The summed E-state index contributed by atoms with van der Waals surface area (Å²) in [4.78, 5) is 0. The minimum atomic E-state index is 0.209. The molecule has 2 atom stereocenters. The predicted molar refractivity (Wildman–Crippen MR) is 62.2 cm³/mol. The first-order valence-corrected chi connectivity index (χ1v) is 5.38. The molecule has 1 saturated carbocycles. The van der Waals surface area contributed by atoms with Crippen molar-refractivity contribution in [3.05, 3.63) is 29.3 Å². The fourth-order valence-electron chi connectivity index (χ4n) is 2.37. The van der Waals surface area contributed by atoms with Crippen molar-refractivity contribution in [1.29, 1.82) is 0 Å². The van der Waals surface area contributed by atoms with Crippen molar-refractivity contribution >= 4 is 0 Å². The van der Waals surface area contributed by atoms with E-state index in [0.29, 0.717) is 5.92 Å². The average Bonchev–Trinajstić information content (AvgIpc) is 2.66. The predicted octanol–water partition coefficient (Wildman–Crippen LogP) is 2.45. The van der Waals surface area contributed by atoms with Crippen molar-refractivity contribution in [3.8, 4) is 5.75 Å². The summed E-state index contributed by atoms with van der Waals surface area (Å²) in [6.45, 7) is 6.53. The second-order valence-electron chi connectivity index (χ2n) is 5.07. The largest absolute Gasteiger partial charge is 0.496 e. The summed E-state index contributed by atoms with van der Waals surface area (Å²) < 4.78 is 5.39. The summed E-state index contributed by atoms with van der Waals surface area (Å²) in [5.41, 5.74) is 8.83. The van der Waals surface area contributed by atoms with E-state index < -0.39 is 0 Å². The van der Waals surface area contributed by atoms with Crippen LogP contribution in [0, 0.1) is 12.3 Å². The zero-order chi connectivity index (χ0) is 11.2. The van der Waals surface area contributed by atoms with Crippen LogP contribution in [0.1, 0.15) is 30.9 Å². The first kappa shape index (κ1) is 10.5. The van der Waals surface area contributed by atoms with Crippen molar-refractivity contribution in [3.63, 3.8) is 0 Å². The number of aryl methyl sites for hydroxylation is 1. The van der Waals surface area contributed by atoms with E-state index in [1.54, 1.807) is 7.11 Å². The molecule has 15 heavy (non-hydrogen) atoms. The Kier molecular flexibility index (Phi) is 2.27. The van der Waals surface area contributed by atoms with Gasteiger partial charge in [0.15, 0.2) is 0 Å². The highest BCUT2D eigenvalue weighted by Crippen LogP contribution is 2.59. The third kappa shape index (κ3) is 1.53. The highest BCUT2D eigenvalue weighted by atomic mass is 16.5. The topological polar surface area (TPSA) is 35.2 Å². The molecule has 1 fully saturated rings. The van der Waals surface area contributed by atoms with E-state index in [-0.39, 0.29) is 11.5 Å². The van der Waals surface area contributed by atoms with Gasteiger partial charge in [-0.3, -0.25) is 0 Å². The fraction of sp³-hybridized carbons (Fsp3) is 0.538. The van der Waals surface area contributed by atoms with Crippen molar-refractivity contribution in [2.75, 3.05) is 7.11 Å². The summed E-state index contributed by atoms with van der Waals surface area (Å²) in [6.07, 6.45) is 0. The molecule has 2 unspecified atom stereocenters. The maximum atomic E-state index is 6.09. The number of rotatable bonds is 2. The Hall–Kier alpha value is -1.02.